The molecule has 2 aliphatic heterocycles. The van der Waals surface area contributed by atoms with Crippen molar-refractivity contribution in [1.82, 2.24) is 5.32 Å². The molecule has 1 fully saturated rings. The summed E-state index contributed by atoms with van der Waals surface area (Å²) < 4.78 is 17.4. The van der Waals surface area contributed by atoms with Crippen molar-refractivity contribution in [2.75, 3.05) is 18.1 Å². The second kappa shape index (κ2) is 6.27. The van der Waals surface area contributed by atoms with Crippen LogP contribution in [0.5, 0.6) is 5.75 Å². The van der Waals surface area contributed by atoms with Gasteiger partial charge in [-0.25, -0.2) is 0 Å². The molecule has 110 valence electrons. The van der Waals surface area contributed by atoms with E-state index in [1.165, 1.54) is 11.1 Å². The van der Waals surface area contributed by atoms with Gasteiger partial charge in [0, 0.05) is 40.0 Å². The van der Waals surface area contributed by atoms with Crippen molar-refractivity contribution >= 4 is 10.8 Å². The molecule has 1 saturated heterocycles. The molecular weight excluding hydrogens is 270 g/mol. The summed E-state index contributed by atoms with van der Waals surface area (Å²) in [6, 6.07) is 7.30. The predicted molar refractivity (Wildman–Crippen MR) is 82.7 cm³/mol. The van der Waals surface area contributed by atoms with Gasteiger partial charge < -0.3 is 10.1 Å². The summed E-state index contributed by atoms with van der Waals surface area (Å²) in [5.74, 6) is 2.77. The molecule has 0 saturated carbocycles. The second-order valence-electron chi connectivity index (χ2n) is 5.83. The summed E-state index contributed by atoms with van der Waals surface area (Å²) in [6.07, 6.45) is 4.27. The van der Waals surface area contributed by atoms with Crippen LogP contribution in [0.2, 0.25) is 0 Å². The maximum absolute atomic E-state index is 11.5. The first-order valence-electron chi connectivity index (χ1n) is 7.57. The minimum absolute atomic E-state index is 0.379. The molecule has 1 aromatic rings. The number of nitrogens with one attached hydrogen (secondary N) is 1. The molecule has 0 radical (unpaired) electrons. The summed E-state index contributed by atoms with van der Waals surface area (Å²) in [6.45, 7) is 2.93. The van der Waals surface area contributed by atoms with Gasteiger partial charge in [-0.15, -0.1) is 0 Å². The summed E-state index contributed by atoms with van der Waals surface area (Å²) in [5.41, 5.74) is 2.52. The normalized spacial score (nSPS) is 30.1. The predicted octanol–water partition coefficient (Wildman–Crippen LogP) is 2.71. The van der Waals surface area contributed by atoms with Crippen molar-refractivity contribution < 1.29 is 8.95 Å². The number of hydrogen-bond donors (Lipinski definition) is 1. The van der Waals surface area contributed by atoms with Crippen LogP contribution >= 0.6 is 0 Å². The van der Waals surface area contributed by atoms with Crippen molar-refractivity contribution in [2.24, 2.45) is 0 Å². The van der Waals surface area contributed by atoms with E-state index in [9.17, 15) is 4.21 Å². The first-order chi connectivity index (χ1) is 9.74. The summed E-state index contributed by atoms with van der Waals surface area (Å²) >= 11 is 0. The first kappa shape index (κ1) is 14.1. The van der Waals surface area contributed by atoms with E-state index in [2.05, 4.69) is 30.4 Å². The highest BCUT2D eigenvalue weighted by Crippen LogP contribution is 2.34. The quantitative estimate of drug-likeness (QED) is 0.911. The molecule has 1 N–H and O–H groups in total. The molecule has 1 unspecified atom stereocenters. The summed E-state index contributed by atoms with van der Waals surface area (Å²) in [7, 11) is -0.584. The summed E-state index contributed by atoms with van der Waals surface area (Å²) in [5, 5.41) is 3.79. The zero-order valence-electron chi connectivity index (χ0n) is 12.1. The molecule has 20 heavy (non-hydrogen) atoms. The lowest BCUT2D eigenvalue weighted by molar-refractivity contribution is 0.312. The van der Waals surface area contributed by atoms with Crippen molar-refractivity contribution in [2.45, 2.75) is 44.7 Å². The molecule has 0 bridgehead atoms. The summed E-state index contributed by atoms with van der Waals surface area (Å²) in [4.78, 5) is 0. The van der Waals surface area contributed by atoms with Crippen LogP contribution in [0.4, 0.5) is 0 Å². The van der Waals surface area contributed by atoms with Crippen LogP contribution in [0.3, 0.4) is 0 Å². The first-order valence-corrected chi connectivity index (χ1v) is 9.06. The van der Waals surface area contributed by atoms with Gasteiger partial charge in [0.2, 0.25) is 0 Å². The molecule has 0 amide bonds. The van der Waals surface area contributed by atoms with Gasteiger partial charge in [0.05, 0.1) is 6.61 Å². The van der Waals surface area contributed by atoms with Gasteiger partial charge in [0.15, 0.2) is 0 Å². The molecule has 0 aromatic heterocycles. The van der Waals surface area contributed by atoms with E-state index < -0.39 is 10.8 Å². The van der Waals surface area contributed by atoms with Crippen LogP contribution in [0, 0.1) is 6.92 Å². The highest BCUT2D eigenvalue weighted by molar-refractivity contribution is 7.85. The van der Waals surface area contributed by atoms with Gasteiger partial charge in [-0.05, 0) is 38.2 Å². The van der Waals surface area contributed by atoms with Gasteiger partial charge in [0.1, 0.15) is 5.75 Å². The van der Waals surface area contributed by atoms with Crippen LogP contribution in [0.25, 0.3) is 0 Å². The maximum atomic E-state index is 11.5. The van der Waals surface area contributed by atoms with Gasteiger partial charge in [-0.3, -0.25) is 4.21 Å². The van der Waals surface area contributed by atoms with Gasteiger partial charge >= 0.3 is 0 Å². The van der Waals surface area contributed by atoms with Crippen LogP contribution in [-0.4, -0.2) is 28.4 Å². The number of rotatable bonds is 2. The molecule has 3 rings (SSSR count). The molecule has 0 spiro atoms. The fraction of sp³-hybridized carbons (Fsp3) is 0.625. The van der Waals surface area contributed by atoms with E-state index in [4.69, 9.17) is 4.74 Å². The van der Waals surface area contributed by atoms with E-state index in [0.29, 0.717) is 12.1 Å². The fourth-order valence-corrected chi connectivity index (χ4v) is 4.48. The van der Waals surface area contributed by atoms with Crippen LogP contribution < -0.4 is 10.1 Å². The SMILES string of the molecule is Cc1cccc2c1OCCCC2NC1CCS(=O)CC1. The molecule has 1 aromatic carbocycles. The van der Waals surface area contributed by atoms with E-state index in [0.717, 1.165) is 49.5 Å². The highest BCUT2D eigenvalue weighted by Gasteiger charge is 2.25. The Bertz CT molecular complexity index is 493. The van der Waals surface area contributed by atoms with Crippen LogP contribution in [0.1, 0.15) is 42.9 Å². The van der Waals surface area contributed by atoms with Crippen LogP contribution in [0.15, 0.2) is 18.2 Å². The average molecular weight is 293 g/mol. The topological polar surface area (TPSA) is 38.3 Å². The lowest BCUT2D eigenvalue weighted by atomic mass is 9.98. The Kier molecular flexibility index (Phi) is 4.41. The van der Waals surface area contributed by atoms with Crippen LogP contribution in [-0.2, 0) is 10.8 Å². The number of benzene rings is 1. The largest absolute Gasteiger partial charge is 0.493 e. The maximum Gasteiger partial charge on any atom is 0.126 e. The molecule has 0 aliphatic carbocycles. The number of para-hydroxylation sites is 1. The fourth-order valence-electron chi connectivity index (χ4n) is 3.18. The van der Waals surface area contributed by atoms with Gasteiger partial charge in [-0.1, -0.05) is 18.2 Å². The lowest BCUT2D eigenvalue weighted by Crippen LogP contribution is -2.38. The lowest BCUT2D eigenvalue weighted by Gasteiger charge is -2.28. The van der Waals surface area contributed by atoms with E-state index in [1.807, 2.05) is 0 Å². The molecular formula is C16H23NO2S. The number of aryl methyl sites for hydroxylation is 1. The standard InChI is InChI=1S/C16H23NO2S/c1-12-4-2-5-14-15(6-3-9-19-16(12)14)17-13-7-10-20(18)11-8-13/h2,4-5,13,15,17H,3,6-11H2,1H3. The Morgan fingerprint density at radius 2 is 2.05 bits per heavy atom. The third-order valence-electron chi connectivity index (χ3n) is 4.33. The van der Waals surface area contributed by atoms with E-state index in [-0.39, 0.29) is 0 Å². The smallest absolute Gasteiger partial charge is 0.126 e. The van der Waals surface area contributed by atoms with E-state index >= 15 is 0 Å². The third kappa shape index (κ3) is 3.07. The van der Waals surface area contributed by atoms with Crippen molar-refractivity contribution in [3.8, 4) is 5.75 Å². The zero-order valence-corrected chi connectivity index (χ0v) is 12.9. The Hall–Kier alpha value is -0.870. The number of hydrogen-bond acceptors (Lipinski definition) is 3. The molecule has 4 heteroatoms. The van der Waals surface area contributed by atoms with Gasteiger partial charge in [-0.2, -0.15) is 0 Å². The Morgan fingerprint density at radius 1 is 1.25 bits per heavy atom. The Morgan fingerprint density at radius 3 is 2.85 bits per heavy atom. The van der Waals surface area contributed by atoms with E-state index in [1.54, 1.807) is 0 Å². The second-order valence-corrected chi connectivity index (χ2v) is 7.52. The average Bonchev–Trinajstić information content (AvgIpc) is 2.65. The molecule has 3 nitrogen and oxygen atoms in total. The highest BCUT2D eigenvalue weighted by atomic mass is 32.2. The number of ether oxygens (including phenoxy) is 1. The molecule has 2 heterocycles. The molecule has 2 aliphatic rings. The molecule has 1 atom stereocenters. The zero-order chi connectivity index (χ0) is 13.9. The van der Waals surface area contributed by atoms with Crippen molar-refractivity contribution in [3.63, 3.8) is 0 Å². The Labute approximate surface area is 123 Å². The van der Waals surface area contributed by atoms with Crippen molar-refractivity contribution in [3.05, 3.63) is 29.3 Å². The monoisotopic (exact) mass is 293 g/mol. The third-order valence-corrected chi connectivity index (χ3v) is 5.71. The minimum Gasteiger partial charge on any atom is -0.493 e. The van der Waals surface area contributed by atoms with Crippen molar-refractivity contribution in [1.29, 1.82) is 0 Å². The minimum atomic E-state index is -0.584. The Balaban J connectivity index is 1.76. The van der Waals surface area contributed by atoms with Gasteiger partial charge in [0.25, 0.3) is 0 Å². The number of fused-ring (bicyclic) bond motifs is 1.